The zero-order valence-electron chi connectivity index (χ0n) is 10.2. The highest BCUT2D eigenvalue weighted by Gasteiger charge is 2.29. The average Bonchev–Trinajstić information content (AvgIpc) is 2.21. The monoisotopic (exact) mass is 317 g/mol. The molecule has 0 heterocycles. The fourth-order valence-corrected chi connectivity index (χ4v) is 2.34. The lowest BCUT2D eigenvalue weighted by molar-refractivity contribution is -0.385. The predicted octanol–water partition coefficient (Wildman–Crippen LogP) is 3.83. The number of rotatable bonds is 4. The SMILES string of the molecule is CC(=O)C(c1cc(F)c(Br)cc1[N+](=O)[O-])C(C)C. The van der Waals surface area contributed by atoms with E-state index in [1.54, 1.807) is 13.8 Å². The molecular formula is C12H13BrFNO3. The fraction of sp³-hybridized carbons (Fsp3) is 0.417. The molecule has 0 aliphatic carbocycles. The molecule has 0 amide bonds. The van der Waals surface area contributed by atoms with Gasteiger partial charge in [0.15, 0.2) is 0 Å². The Morgan fingerprint density at radius 2 is 2.00 bits per heavy atom. The molecule has 0 spiro atoms. The standard InChI is InChI=1S/C12H13BrFNO3/c1-6(2)12(7(3)16)8-4-10(14)9(13)5-11(8)15(17)18/h4-6,12H,1-3H3. The Balaban J connectivity index is 3.50. The molecule has 0 saturated carbocycles. The Morgan fingerprint density at radius 1 is 1.44 bits per heavy atom. The van der Waals surface area contributed by atoms with Gasteiger partial charge in [-0.1, -0.05) is 13.8 Å². The number of carbonyl (C=O) groups excluding carboxylic acids is 1. The zero-order chi connectivity index (χ0) is 14.0. The smallest absolute Gasteiger partial charge is 0.274 e. The van der Waals surface area contributed by atoms with Crippen LogP contribution in [0, 0.1) is 21.8 Å². The lowest BCUT2D eigenvalue weighted by atomic mass is 9.84. The van der Waals surface area contributed by atoms with Gasteiger partial charge in [-0.15, -0.1) is 0 Å². The first-order chi connectivity index (χ1) is 8.25. The minimum absolute atomic E-state index is 0.0176. The van der Waals surface area contributed by atoms with Crippen molar-refractivity contribution in [3.05, 3.63) is 38.1 Å². The topological polar surface area (TPSA) is 60.2 Å². The summed E-state index contributed by atoms with van der Waals surface area (Å²) in [5, 5.41) is 11.0. The summed E-state index contributed by atoms with van der Waals surface area (Å²) in [7, 11) is 0. The van der Waals surface area contributed by atoms with Crippen LogP contribution < -0.4 is 0 Å². The van der Waals surface area contributed by atoms with E-state index in [0.29, 0.717) is 0 Å². The summed E-state index contributed by atoms with van der Waals surface area (Å²) in [6, 6.07) is 2.16. The molecule has 0 N–H and O–H groups in total. The maximum absolute atomic E-state index is 13.5. The van der Waals surface area contributed by atoms with Crippen LogP contribution in [-0.4, -0.2) is 10.7 Å². The molecule has 1 rings (SSSR count). The second kappa shape index (κ2) is 5.56. The molecule has 1 aromatic rings. The number of carbonyl (C=O) groups is 1. The van der Waals surface area contributed by atoms with E-state index in [-0.39, 0.29) is 27.4 Å². The van der Waals surface area contributed by atoms with Crippen LogP contribution >= 0.6 is 15.9 Å². The summed E-state index contributed by atoms with van der Waals surface area (Å²) in [5.41, 5.74) is -0.111. The molecule has 0 saturated heterocycles. The van der Waals surface area contributed by atoms with Crippen LogP contribution in [0.1, 0.15) is 32.3 Å². The van der Waals surface area contributed by atoms with Gasteiger partial charge in [-0.05, 0) is 34.8 Å². The maximum Gasteiger partial charge on any atom is 0.274 e. The zero-order valence-corrected chi connectivity index (χ0v) is 11.8. The van der Waals surface area contributed by atoms with E-state index in [0.717, 1.165) is 12.1 Å². The van der Waals surface area contributed by atoms with Crippen LogP contribution in [0.25, 0.3) is 0 Å². The van der Waals surface area contributed by atoms with Crippen molar-refractivity contribution in [2.75, 3.05) is 0 Å². The Hall–Kier alpha value is -1.30. The molecule has 0 aliphatic heterocycles. The largest absolute Gasteiger partial charge is 0.299 e. The third-order valence-corrected chi connectivity index (χ3v) is 3.31. The van der Waals surface area contributed by atoms with Crippen LogP contribution in [0.15, 0.2) is 16.6 Å². The summed E-state index contributed by atoms with van der Waals surface area (Å²) in [6.45, 7) is 4.90. The van der Waals surface area contributed by atoms with E-state index in [1.165, 1.54) is 6.92 Å². The summed E-state index contributed by atoms with van der Waals surface area (Å²) in [6.07, 6.45) is 0. The van der Waals surface area contributed by atoms with Crippen molar-refractivity contribution in [3.8, 4) is 0 Å². The van der Waals surface area contributed by atoms with Crippen molar-refractivity contribution in [1.29, 1.82) is 0 Å². The third kappa shape index (κ3) is 2.93. The first kappa shape index (κ1) is 14.8. The molecule has 0 radical (unpaired) electrons. The number of ketones is 1. The van der Waals surface area contributed by atoms with E-state index in [9.17, 15) is 19.3 Å². The highest BCUT2D eigenvalue weighted by molar-refractivity contribution is 9.10. The van der Waals surface area contributed by atoms with Gasteiger partial charge < -0.3 is 0 Å². The van der Waals surface area contributed by atoms with Crippen molar-refractivity contribution < 1.29 is 14.1 Å². The lowest BCUT2D eigenvalue weighted by Crippen LogP contribution is -2.17. The minimum Gasteiger partial charge on any atom is -0.299 e. The quantitative estimate of drug-likeness (QED) is 0.626. The van der Waals surface area contributed by atoms with Gasteiger partial charge in [0.25, 0.3) is 5.69 Å². The van der Waals surface area contributed by atoms with Gasteiger partial charge in [-0.3, -0.25) is 14.9 Å². The highest BCUT2D eigenvalue weighted by atomic mass is 79.9. The molecule has 6 heteroatoms. The number of halogens is 2. The van der Waals surface area contributed by atoms with Gasteiger partial charge in [0, 0.05) is 11.6 Å². The van der Waals surface area contributed by atoms with E-state index in [2.05, 4.69) is 15.9 Å². The molecule has 4 nitrogen and oxygen atoms in total. The van der Waals surface area contributed by atoms with Gasteiger partial charge in [0.05, 0.1) is 15.3 Å². The molecule has 0 aromatic heterocycles. The summed E-state index contributed by atoms with van der Waals surface area (Å²) >= 11 is 2.91. The van der Waals surface area contributed by atoms with E-state index in [4.69, 9.17) is 0 Å². The molecule has 1 aromatic carbocycles. The van der Waals surface area contributed by atoms with Crippen LogP contribution in [0.3, 0.4) is 0 Å². The summed E-state index contributed by atoms with van der Waals surface area (Å²) in [5.74, 6) is -1.63. The Labute approximate surface area is 112 Å². The molecule has 1 atom stereocenters. The lowest BCUT2D eigenvalue weighted by Gasteiger charge is -2.18. The number of nitrogens with zero attached hydrogens (tertiary/aromatic N) is 1. The van der Waals surface area contributed by atoms with Crippen LogP contribution in [-0.2, 0) is 4.79 Å². The second-order valence-electron chi connectivity index (χ2n) is 4.41. The predicted molar refractivity (Wildman–Crippen MR) is 69.0 cm³/mol. The van der Waals surface area contributed by atoms with Crippen LogP contribution in [0.2, 0.25) is 0 Å². The fourth-order valence-electron chi connectivity index (χ4n) is 2.01. The number of benzene rings is 1. The second-order valence-corrected chi connectivity index (χ2v) is 5.27. The Bertz CT molecular complexity index is 502. The molecule has 98 valence electrons. The van der Waals surface area contributed by atoms with Crippen LogP contribution in [0.4, 0.5) is 10.1 Å². The van der Waals surface area contributed by atoms with E-state index in [1.807, 2.05) is 0 Å². The van der Waals surface area contributed by atoms with Crippen molar-refractivity contribution >= 4 is 27.4 Å². The molecular weight excluding hydrogens is 305 g/mol. The molecule has 0 aliphatic rings. The molecule has 0 fully saturated rings. The summed E-state index contributed by atoms with van der Waals surface area (Å²) in [4.78, 5) is 22.0. The van der Waals surface area contributed by atoms with Crippen molar-refractivity contribution in [3.63, 3.8) is 0 Å². The molecule has 0 bridgehead atoms. The number of nitro groups is 1. The van der Waals surface area contributed by atoms with Crippen molar-refractivity contribution in [2.45, 2.75) is 26.7 Å². The van der Waals surface area contributed by atoms with E-state index < -0.39 is 16.7 Å². The molecule has 18 heavy (non-hydrogen) atoms. The van der Waals surface area contributed by atoms with Gasteiger partial charge in [-0.25, -0.2) is 4.39 Å². The minimum atomic E-state index is -0.673. The third-order valence-electron chi connectivity index (χ3n) is 2.71. The Morgan fingerprint density at radius 3 is 2.39 bits per heavy atom. The normalized spacial score (nSPS) is 12.6. The van der Waals surface area contributed by atoms with E-state index >= 15 is 0 Å². The van der Waals surface area contributed by atoms with Gasteiger partial charge >= 0.3 is 0 Å². The first-order valence-corrected chi connectivity index (χ1v) is 6.18. The first-order valence-electron chi connectivity index (χ1n) is 5.39. The average molecular weight is 318 g/mol. The Kier molecular flexibility index (Phi) is 4.56. The van der Waals surface area contributed by atoms with Crippen LogP contribution in [0.5, 0.6) is 0 Å². The van der Waals surface area contributed by atoms with Gasteiger partial charge in [-0.2, -0.15) is 0 Å². The maximum atomic E-state index is 13.5. The number of hydrogen-bond donors (Lipinski definition) is 0. The van der Waals surface area contributed by atoms with Gasteiger partial charge in [0.1, 0.15) is 11.6 Å². The molecule has 1 unspecified atom stereocenters. The highest BCUT2D eigenvalue weighted by Crippen LogP contribution is 2.35. The van der Waals surface area contributed by atoms with Gasteiger partial charge in [0.2, 0.25) is 0 Å². The number of hydrogen-bond acceptors (Lipinski definition) is 3. The van der Waals surface area contributed by atoms with Crippen molar-refractivity contribution in [2.24, 2.45) is 5.92 Å². The van der Waals surface area contributed by atoms with Crippen molar-refractivity contribution in [1.82, 2.24) is 0 Å². The number of Topliss-reactive ketones (excluding diaryl/α,β-unsaturated/α-hetero) is 1. The summed E-state index contributed by atoms with van der Waals surface area (Å²) < 4.78 is 13.5. The number of nitro benzene ring substituents is 1.